The molecule has 0 aliphatic carbocycles. The van der Waals surface area contributed by atoms with Crippen molar-refractivity contribution in [1.82, 2.24) is 5.32 Å². The van der Waals surface area contributed by atoms with Crippen molar-refractivity contribution in [2.75, 3.05) is 31.6 Å². The molecule has 1 aliphatic rings. The summed E-state index contributed by atoms with van der Waals surface area (Å²) in [6.45, 7) is 5.16. The number of hydrogen-bond acceptors (Lipinski definition) is 4. The summed E-state index contributed by atoms with van der Waals surface area (Å²) in [6, 6.07) is 5.07. The Morgan fingerprint density at radius 2 is 2.25 bits per heavy atom. The number of rotatable bonds is 4. The Balaban J connectivity index is 2.34. The molecule has 1 aromatic carbocycles. The van der Waals surface area contributed by atoms with Gasteiger partial charge in [-0.15, -0.1) is 0 Å². The number of aliphatic hydroxyl groups excluding tert-OH is 1. The molecule has 0 spiro atoms. The lowest BCUT2D eigenvalue weighted by atomic mass is 10.0. The van der Waals surface area contributed by atoms with E-state index in [-0.39, 0.29) is 30.7 Å². The number of aliphatic hydroxyl groups is 1. The van der Waals surface area contributed by atoms with Crippen LogP contribution in [-0.2, 0) is 4.74 Å². The number of nitrogens with one attached hydrogen (secondary N) is 1. The second-order valence-corrected chi connectivity index (χ2v) is 5.34. The van der Waals surface area contributed by atoms with Gasteiger partial charge in [0.05, 0.1) is 18.8 Å². The summed E-state index contributed by atoms with van der Waals surface area (Å²) < 4.78 is 19.8. The lowest BCUT2D eigenvalue weighted by molar-refractivity contribution is -0.0421. The van der Waals surface area contributed by atoms with E-state index in [9.17, 15) is 9.50 Å². The molecule has 0 aromatic heterocycles. The monoisotopic (exact) mass is 282 g/mol. The predicted molar refractivity (Wildman–Crippen MR) is 77.5 cm³/mol. The number of nitrogens with zero attached hydrogens (tertiary/aromatic N) is 1. The topological polar surface area (TPSA) is 44.7 Å². The maximum absolute atomic E-state index is 14.2. The Morgan fingerprint density at radius 3 is 2.90 bits per heavy atom. The quantitative estimate of drug-likeness (QED) is 0.882. The van der Waals surface area contributed by atoms with Crippen LogP contribution in [0.3, 0.4) is 0 Å². The van der Waals surface area contributed by atoms with Gasteiger partial charge in [0.2, 0.25) is 0 Å². The molecule has 1 fully saturated rings. The van der Waals surface area contributed by atoms with Crippen LogP contribution in [0.15, 0.2) is 18.2 Å². The Labute approximate surface area is 119 Å². The van der Waals surface area contributed by atoms with Gasteiger partial charge in [-0.2, -0.15) is 0 Å². The number of ether oxygens (including phenoxy) is 1. The Hall–Kier alpha value is -1.17. The van der Waals surface area contributed by atoms with Gasteiger partial charge in [-0.1, -0.05) is 6.07 Å². The van der Waals surface area contributed by atoms with E-state index in [1.807, 2.05) is 27.0 Å². The van der Waals surface area contributed by atoms with Gasteiger partial charge in [0.25, 0.3) is 0 Å². The van der Waals surface area contributed by atoms with Gasteiger partial charge in [-0.25, -0.2) is 4.39 Å². The standard InChI is InChI=1S/C15H23FN2O2/c1-10-7-18(8-12(9-19)20-10)14-6-4-5-13(16)15(14)11(2)17-3/h4-6,10-12,17,19H,7-9H2,1-3H3. The molecule has 2 N–H and O–H groups in total. The van der Waals surface area contributed by atoms with Crippen molar-refractivity contribution in [3.8, 4) is 0 Å². The van der Waals surface area contributed by atoms with Crippen LogP contribution in [0.4, 0.5) is 10.1 Å². The molecule has 0 amide bonds. The van der Waals surface area contributed by atoms with Gasteiger partial charge >= 0.3 is 0 Å². The molecule has 4 nitrogen and oxygen atoms in total. The van der Waals surface area contributed by atoms with Crippen molar-refractivity contribution in [3.63, 3.8) is 0 Å². The molecular weight excluding hydrogens is 259 g/mol. The Kier molecular flexibility index (Phi) is 4.96. The fraction of sp³-hybridized carbons (Fsp3) is 0.600. The highest BCUT2D eigenvalue weighted by Crippen LogP contribution is 2.30. The first-order chi connectivity index (χ1) is 9.56. The second-order valence-electron chi connectivity index (χ2n) is 5.34. The van der Waals surface area contributed by atoms with Gasteiger partial charge < -0.3 is 20.1 Å². The van der Waals surface area contributed by atoms with Gasteiger partial charge in [-0.05, 0) is 33.0 Å². The summed E-state index contributed by atoms with van der Waals surface area (Å²) in [4.78, 5) is 2.10. The van der Waals surface area contributed by atoms with Crippen molar-refractivity contribution in [2.24, 2.45) is 0 Å². The molecule has 5 heteroatoms. The SMILES string of the molecule is CNC(C)c1c(F)cccc1N1CC(C)OC(CO)C1. The molecule has 3 atom stereocenters. The number of anilines is 1. The third-order valence-corrected chi connectivity index (χ3v) is 3.77. The van der Waals surface area contributed by atoms with Gasteiger partial charge in [0, 0.05) is 30.4 Å². The van der Waals surface area contributed by atoms with E-state index in [0.717, 1.165) is 5.69 Å². The maximum atomic E-state index is 14.2. The van der Waals surface area contributed by atoms with Crippen molar-refractivity contribution in [2.45, 2.75) is 32.1 Å². The minimum absolute atomic E-state index is 0.0157. The largest absolute Gasteiger partial charge is 0.394 e. The summed E-state index contributed by atoms with van der Waals surface area (Å²) in [5.41, 5.74) is 1.54. The highest BCUT2D eigenvalue weighted by Gasteiger charge is 2.27. The lowest BCUT2D eigenvalue weighted by Crippen LogP contribution is -2.48. The first-order valence-electron chi connectivity index (χ1n) is 7.03. The van der Waals surface area contributed by atoms with Gasteiger partial charge in [0.1, 0.15) is 5.82 Å². The average Bonchev–Trinajstić information content (AvgIpc) is 2.45. The fourth-order valence-corrected chi connectivity index (χ4v) is 2.72. The molecule has 20 heavy (non-hydrogen) atoms. The van der Waals surface area contributed by atoms with Gasteiger partial charge in [-0.3, -0.25) is 0 Å². The molecule has 1 heterocycles. The molecular formula is C15H23FN2O2. The Morgan fingerprint density at radius 1 is 1.50 bits per heavy atom. The van der Waals surface area contributed by atoms with E-state index in [2.05, 4.69) is 10.2 Å². The minimum Gasteiger partial charge on any atom is -0.394 e. The van der Waals surface area contributed by atoms with Gasteiger partial charge in [0.15, 0.2) is 0 Å². The molecule has 1 saturated heterocycles. The highest BCUT2D eigenvalue weighted by atomic mass is 19.1. The molecule has 3 unspecified atom stereocenters. The number of morpholine rings is 1. The summed E-state index contributed by atoms with van der Waals surface area (Å²) in [5, 5.41) is 12.4. The zero-order valence-electron chi connectivity index (χ0n) is 12.3. The molecule has 2 rings (SSSR count). The molecule has 1 aliphatic heterocycles. The smallest absolute Gasteiger partial charge is 0.130 e. The summed E-state index contributed by atoms with van der Waals surface area (Å²) in [5.74, 6) is -0.205. The fourth-order valence-electron chi connectivity index (χ4n) is 2.72. The third-order valence-electron chi connectivity index (χ3n) is 3.77. The van der Waals surface area contributed by atoms with E-state index in [1.165, 1.54) is 6.07 Å². The van der Waals surface area contributed by atoms with Crippen molar-refractivity contribution >= 4 is 5.69 Å². The van der Waals surface area contributed by atoms with Crippen molar-refractivity contribution < 1.29 is 14.2 Å². The van der Waals surface area contributed by atoms with E-state index in [0.29, 0.717) is 18.7 Å². The normalized spacial score (nSPS) is 24.8. The minimum atomic E-state index is -0.222. The summed E-state index contributed by atoms with van der Waals surface area (Å²) >= 11 is 0. The Bertz CT molecular complexity index is 455. The van der Waals surface area contributed by atoms with Crippen LogP contribution >= 0.6 is 0 Å². The molecule has 112 valence electrons. The molecule has 1 aromatic rings. The summed E-state index contributed by atoms with van der Waals surface area (Å²) in [6.07, 6.45) is -0.207. The number of hydrogen-bond donors (Lipinski definition) is 2. The number of benzene rings is 1. The first-order valence-corrected chi connectivity index (χ1v) is 7.03. The zero-order valence-corrected chi connectivity index (χ0v) is 12.3. The van der Waals surface area contributed by atoms with Crippen LogP contribution in [0.25, 0.3) is 0 Å². The van der Waals surface area contributed by atoms with Crippen LogP contribution < -0.4 is 10.2 Å². The van der Waals surface area contributed by atoms with E-state index in [1.54, 1.807) is 6.07 Å². The second kappa shape index (κ2) is 6.52. The highest BCUT2D eigenvalue weighted by molar-refractivity contribution is 5.56. The predicted octanol–water partition coefficient (Wildman–Crippen LogP) is 1.69. The van der Waals surface area contributed by atoms with Crippen LogP contribution in [0.1, 0.15) is 25.5 Å². The van der Waals surface area contributed by atoms with Crippen molar-refractivity contribution in [3.05, 3.63) is 29.6 Å². The first kappa shape index (κ1) is 15.2. The molecule has 0 radical (unpaired) electrons. The summed E-state index contributed by atoms with van der Waals surface area (Å²) in [7, 11) is 1.82. The van der Waals surface area contributed by atoms with E-state index < -0.39 is 0 Å². The van der Waals surface area contributed by atoms with Crippen LogP contribution in [-0.4, -0.2) is 44.1 Å². The van der Waals surface area contributed by atoms with E-state index in [4.69, 9.17) is 4.74 Å². The zero-order chi connectivity index (χ0) is 14.7. The average molecular weight is 282 g/mol. The maximum Gasteiger partial charge on any atom is 0.130 e. The molecule has 0 saturated carbocycles. The van der Waals surface area contributed by atoms with Crippen molar-refractivity contribution in [1.29, 1.82) is 0 Å². The lowest BCUT2D eigenvalue weighted by Gasteiger charge is -2.39. The molecule has 0 bridgehead atoms. The number of halogens is 1. The van der Waals surface area contributed by atoms with Crippen LogP contribution in [0.2, 0.25) is 0 Å². The van der Waals surface area contributed by atoms with Crippen LogP contribution in [0.5, 0.6) is 0 Å². The van der Waals surface area contributed by atoms with E-state index >= 15 is 0 Å². The third kappa shape index (κ3) is 3.11. The van der Waals surface area contributed by atoms with Crippen LogP contribution in [0, 0.1) is 5.82 Å².